The van der Waals surface area contributed by atoms with Crippen LogP contribution < -0.4 is 5.32 Å². The van der Waals surface area contributed by atoms with Crippen molar-refractivity contribution in [3.63, 3.8) is 0 Å². The van der Waals surface area contributed by atoms with E-state index >= 15 is 0 Å². The second kappa shape index (κ2) is 4.53. The molecule has 1 aliphatic heterocycles. The molecule has 1 aromatic heterocycles. The van der Waals surface area contributed by atoms with Crippen LogP contribution in [0.2, 0.25) is 0 Å². The van der Waals surface area contributed by atoms with Crippen LogP contribution in [0.4, 0.5) is 0 Å². The zero-order chi connectivity index (χ0) is 11.6. The van der Waals surface area contributed by atoms with Crippen LogP contribution in [0.3, 0.4) is 0 Å². The van der Waals surface area contributed by atoms with E-state index in [1.54, 1.807) is 0 Å². The van der Waals surface area contributed by atoms with Gasteiger partial charge in [-0.15, -0.1) is 0 Å². The Morgan fingerprint density at radius 2 is 2.31 bits per heavy atom. The van der Waals surface area contributed by atoms with Crippen LogP contribution in [0, 0.1) is 5.92 Å². The van der Waals surface area contributed by atoms with Crippen LogP contribution in [0.5, 0.6) is 0 Å². The number of hydrogen-bond donors (Lipinski definition) is 1. The van der Waals surface area contributed by atoms with Crippen LogP contribution >= 0.6 is 0 Å². The first-order valence-electron chi connectivity index (χ1n) is 6.14. The maximum atomic E-state index is 5.38. The molecule has 16 heavy (non-hydrogen) atoms. The first kappa shape index (κ1) is 11.6. The van der Waals surface area contributed by atoms with Gasteiger partial charge in [0.1, 0.15) is 0 Å². The van der Waals surface area contributed by atoms with Gasteiger partial charge in [0.15, 0.2) is 5.82 Å². The summed E-state index contributed by atoms with van der Waals surface area (Å²) >= 11 is 0. The SMILES string of the molecule is CC(C)CCc1noc(C2(C)CCNC2)n1. The highest BCUT2D eigenvalue weighted by molar-refractivity contribution is 5.07. The molecule has 2 rings (SSSR count). The fraction of sp³-hybridized carbons (Fsp3) is 0.833. The highest BCUT2D eigenvalue weighted by atomic mass is 16.5. The van der Waals surface area contributed by atoms with E-state index < -0.39 is 0 Å². The minimum absolute atomic E-state index is 0.0447. The summed E-state index contributed by atoms with van der Waals surface area (Å²) in [4.78, 5) is 4.52. The third-order valence-electron chi connectivity index (χ3n) is 3.30. The van der Waals surface area contributed by atoms with Gasteiger partial charge in [0.05, 0.1) is 5.41 Å². The second-order valence-electron chi connectivity index (χ2n) is 5.44. The molecule has 0 amide bonds. The van der Waals surface area contributed by atoms with E-state index in [1.807, 2.05) is 0 Å². The van der Waals surface area contributed by atoms with Crippen molar-refractivity contribution in [2.24, 2.45) is 5.92 Å². The molecule has 1 aromatic rings. The summed E-state index contributed by atoms with van der Waals surface area (Å²) in [6.45, 7) is 8.60. The van der Waals surface area contributed by atoms with Crippen molar-refractivity contribution >= 4 is 0 Å². The Hall–Kier alpha value is -0.900. The predicted molar refractivity (Wildman–Crippen MR) is 62.3 cm³/mol. The summed E-state index contributed by atoms with van der Waals surface area (Å²) in [7, 11) is 0. The minimum atomic E-state index is 0.0447. The van der Waals surface area contributed by atoms with Gasteiger partial charge < -0.3 is 9.84 Å². The van der Waals surface area contributed by atoms with Gasteiger partial charge in [0.25, 0.3) is 0 Å². The van der Waals surface area contributed by atoms with Crippen molar-refractivity contribution in [2.75, 3.05) is 13.1 Å². The lowest BCUT2D eigenvalue weighted by Gasteiger charge is -2.15. The van der Waals surface area contributed by atoms with E-state index in [4.69, 9.17) is 4.52 Å². The largest absolute Gasteiger partial charge is 0.339 e. The summed E-state index contributed by atoms with van der Waals surface area (Å²) in [6.07, 6.45) is 3.12. The van der Waals surface area contributed by atoms with Gasteiger partial charge in [-0.3, -0.25) is 0 Å². The van der Waals surface area contributed by atoms with Crippen LogP contribution in [0.15, 0.2) is 4.52 Å². The Bertz CT molecular complexity index is 340. The molecule has 0 bridgehead atoms. The molecule has 2 heterocycles. The number of hydrogen-bond acceptors (Lipinski definition) is 4. The summed E-state index contributed by atoms with van der Waals surface area (Å²) in [5.74, 6) is 2.35. The monoisotopic (exact) mass is 223 g/mol. The Labute approximate surface area is 96.8 Å². The first-order chi connectivity index (χ1) is 7.60. The first-order valence-corrected chi connectivity index (χ1v) is 6.14. The van der Waals surface area contributed by atoms with Gasteiger partial charge in [-0.25, -0.2) is 0 Å². The van der Waals surface area contributed by atoms with Gasteiger partial charge in [0.2, 0.25) is 5.89 Å². The number of nitrogens with one attached hydrogen (secondary N) is 1. The quantitative estimate of drug-likeness (QED) is 0.847. The normalized spacial score (nSPS) is 25.5. The zero-order valence-electron chi connectivity index (χ0n) is 10.4. The Balaban J connectivity index is 2.01. The molecule has 1 aliphatic rings. The standard InChI is InChI=1S/C12H21N3O/c1-9(2)4-5-10-14-11(16-15-10)12(3)6-7-13-8-12/h9,13H,4-8H2,1-3H3. The van der Waals surface area contributed by atoms with Gasteiger partial charge >= 0.3 is 0 Å². The summed E-state index contributed by atoms with van der Waals surface area (Å²) in [6, 6.07) is 0. The molecule has 90 valence electrons. The summed E-state index contributed by atoms with van der Waals surface area (Å²) < 4.78 is 5.38. The van der Waals surface area contributed by atoms with E-state index in [0.29, 0.717) is 5.92 Å². The van der Waals surface area contributed by atoms with Crippen molar-refractivity contribution in [3.8, 4) is 0 Å². The number of aryl methyl sites for hydroxylation is 1. The van der Waals surface area contributed by atoms with E-state index in [1.165, 1.54) is 0 Å². The lowest BCUT2D eigenvalue weighted by molar-refractivity contribution is 0.304. The second-order valence-corrected chi connectivity index (χ2v) is 5.44. The zero-order valence-corrected chi connectivity index (χ0v) is 10.4. The van der Waals surface area contributed by atoms with Gasteiger partial charge in [-0.05, 0) is 32.2 Å². The minimum Gasteiger partial charge on any atom is -0.339 e. The van der Waals surface area contributed by atoms with Crippen LogP contribution in [-0.2, 0) is 11.8 Å². The van der Waals surface area contributed by atoms with E-state index in [-0.39, 0.29) is 5.41 Å². The van der Waals surface area contributed by atoms with Crippen molar-refractivity contribution in [3.05, 3.63) is 11.7 Å². The molecule has 0 saturated carbocycles. The molecule has 1 atom stereocenters. The Morgan fingerprint density at radius 3 is 2.94 bits per heavy atom. The highest BCUT2D eigenvalue weighted by Gasteiger charge is 2.35. The topological polar surface area (TPSA) is 51.0 Å². The molecule has 1 fully saturated rings. The van der Waals surface area contributed by atoms with Gasteiger partial charge in [0, 0.05) is 13.0 Å². The number of rotatable bonds is 4. The fourth-order valence-electron chi connectivity index (χ4n) is 2.02. The summed E-state index contributed by atoms with van der Waals surface area (Å²) in [5, 5.41) is 7.41. The molecule has 1 unspecified atom stereocenters. The van der Waals surface area contributed by atoms with E-state index in [2.05, 4.69) is 36.2 Å². The lowest BCUT2D eigenvalue weighted by atomic mass is 9.90. The average Bonchev–Trinajstić information content (AvgIpc) is 2.84. The maximum Gasteiger partial charge on any atom is 0.233 e. The summed E-state index contributed by atoms with van der Waals surface area (Å²) in [5.41, 5.74) is 0.0447. The Kier molecular flexibility index (Phi) is 3.28. The lowest BCUT2D eigenvalue weighted by Crippen LogP contribution is -2.25. The Morgan fingerprint density at radius 1 is 1.50 bits per heavy atom. The molecule has 4 heteroatoms. The third-order valence-corrected chi connectivity index (χ3v) is 3.30. The molecule has 1 N–H and O–H groups in total. The van der Waals surface area contributed by atoms with Crippen molar-refractivity contribution in [1.82, 2.24) is 15.5 Å². The molecule has 0 aliphatic carbocycles. The number of nitrogens with zero attached hydrogens (tertiary/aromatic N) is 2. The van der Waals surface area contributed by atoms with E-state index in [9.17, 15) is 0 Å². The highest BCUT2D eigenvalue weighted by Crippen LogP contribution is 2.28. The molecule has 0 radical (unpaired) electrons. The molecule has 0 spiro atoms. The van der Waals surface area contributed by atoms with Crippen molar-refractivity contribution < 1.29 is 4.52 Å². The van der Waals surface area contributed by atoms with Crippen molar-refractivity contribution in [1.29, 1.82) is 0 Å². The van der Waals surface area contributed by atoms with Gasteiger partial charge in [-0.2, -0.15) is 4.98 Å². The molecule has 4 nitrogen and oxygen atoms in total. The maximum absolute atomic E-state index is 5.38. The van der Waals surface area contributed by atoms with E-state index in [0.717, 1.165) is 44.1 Å². The van der Waals surface area contributed by atoms with Crippen LogP contribution in [0.1, 0.15) is 45.3 Å². The average molecular weight is 223 g/mol. The third kappa shape index (κ3) is 2.43. The smallest absolute Gasteiger partial charge is 0.233 e. The fourth-order valence-corrected chi connectivity index (χ4v) is 2.02. The molecule has 0 aromatic carbocycles. The van der Waals surface area contributed by atoms with Gasteiger partial charge in [-0.1, -0.05) is 19.0 Å². The molecular formula is C12H21N3O. The molecular weight excluding hydrogens is 202 g/mol. The predicted octanol–water partition coefficient (Wildman–Crippen LogP) is 1.91. The number of aromatic nitrogens is 2. The van der Waals surface area contributed by atoms with Crippen LogP contribution in [0.25, 0.3) is 0 Å². The van der Waals surface area contributed by atoms with Crippen LogP contribution in [-0.4, -0.2) is 23.2 Å². The van der Waals surface area contributed by atoms with Crippen molar-refractivity contribution in [2.45, 2.75) is 45.4 Å². The molecule has 1 saturated heterocycles.